The summed E-state index contributed by atoms with van der Waals surface area (Å²) in [7, 11) is 0. The number of aromatic nitrogens is 3. The lowest BCUT2D eigenvalue weighted by molar-refractivity contribution is 0.0954. The van der Waals surface area contributed by atoms with Gasteiger partial charge in [-0.2, -0.15) is 0 Å². The Morgan fingerprint density at radius 2 is 2.26 bits per heavy atom. The second kappa shape index (κ2) is 6.53. The average molecular weight is 259 g/mol. The van der Waals surface area contributed by atoms with E-state index in [0.717, 1.165) is 12.4 Å². The monoisotopic (exact) mass is 259 g/mol. The molecule has 100 valence electrons. The minimum atomic E-state index is -0.129. The molecule has 0 aromatic carbocycles. The van der Waals surface area contributed by atoms with Crippen LogP contribution in [0.5, 0.6) is 0 Å². The molecule has 0 unspecified atom stereocenters. The first-order valence-corrected chi connectivity index (χ1v) is 6.26. The van der Waals surface area contributed by atoms with Crippen LogP contribution in [-0.4, -0.2) is 33.9 Å². The lowest BCUT2D eigenvalue weighted by atomic mass is 10.2. The highest BCUT2D eigenvalue weighted by atomic mass is 16.1. The Morgan fingerprint density at radius 3 is 3.00 bits per heavy atom. The number of anilines is 1. The number of aromatic amines is 1. The van der Waals surface area contributed by atoms with Crippen molar-refractivity contribution in [1.82, 2.24) is 20.3 Å². The predicted molar refractivity (Wildman–Crippen MR) is 73.0 cm³/mol. The molecular weight excluding hydrogens is 242 g/mol. The van der Waals surface area contributed by atoms with Crippen molar-refractivity contribution in [2.45, 2.75) is 13.3 Å². The van der Waals surface area contributed by atoms with Crippen molar-refractivity contribution < 1.29 is 4.79 Å². The summed E-state index contributed by atoms with van der Waals surface area (Å²) in [5, 5.41) is 5.93. The van der Waals surface area contributed by atoms with Crippen LogP contribution >= 0.6 is 0 Å². The van der Waals surface area contributed by atoms with Crippen molar-refractivity contribution in [3.05, 3.63) is 42.1 Å². The normalized spacial score (nSPS) is 10.2. The zero-order chi connectivity index (χ0) is 13.5. The Hall–Kier alpha value is -2.37. The third-order valence-electron chi connectivity index (χ3n) is 2.60. The number of carbonyl (C=O) groups excluding carboxylic acids is 1. The number of rotatable bonds is 6. The maximum Gasteiger partial charge on any atom is 0.255 e. The van der Waals surface area contributed by atoms with Gasteiger partial charge in [0.1, 0.15) is 11.6 Å². The maximum atomic E-state index is 12.0. The molecule has 0 saturated heterocycles. The minimum absolute atomic E-state index is 0.129. The Labute approximate surface area is 111 Å². The fourth-order valence-corrected chi connectivity index (χ4v) is 1.72. The van der Waals surface area contributed by atoms with Crippen LogP contribution in [-0.2, 0) is 6.42 Å². The van der Waals surface area contributed by atoms with Crippen molar-refractivity contribution in [2.24, 2.45) is 0 Å². The van der Waals surface area contributed by atoms with Crippen molar-refractivity contribution in [1.29, 1.82) is 0 Å². The number of nitrogens with one attached hydrogen (secondary N) is 3. The summed E-state index contributed by atoms with van der Waals surface area (Å²) in [6.07, 6.45) is 5.80. The summed E-state index contributed by atoms with van der Waals surface area (Å²) in [5.74, 6) is 1.34. The minimum Gasteiger partial charge on any atom is -0.370 e. The summed E-state index contributed by atoms with van der Waals surface area (Å²) >= 11 is 0. The van der Waals surface area contributed by atoms with E-state index in [1.165, 1.54) is 0 Å². The van der Waals surface area contributed by atoms with Crippen LogP contribution in [0.15, 0.2) is 30.7 Å². The van der Waals surface area contributed by atoms with Crippen molar-refractivity contribution >= 4 is 11.7 Å². The summed E-state index contributed by atoms with van der Waals surface area (Å²) < 4.78 is 0. The number of hydrogen-bond acceptors (Lipinski definition) is 4. The highest BCUT2D eigenvalue weighted by Gasteiger charge is 2.10. The summed E-state index contributed by atoms with van der Waals surface area (Å²) in [6.45, 7) is 3.23. The van der Waals surface area contributed by atoms with E-state index in [9.17, 15) is 4.79 Å². The van der Waals surface area contributed by atoms with E-state index in [1.807, 2.05) is 6.92 Å². The van der Waals surface area contributed by atoms with E-state index < -0.39 is 0 Å². The van der Waals surface area contributed by atoms with E-state index in [2.05, 4.69) is 25.6 Å². The first kappa shape index (κ1) is 13.1. The van der Waals surface area contributed by atoms with Crippen LogP contribution in [0.4, 0.5) is 5.82 Å². The van der Waals surface area contributed by atoms with E-state index >= 15 is 0 Å². The molecule has 0 atom stereocenters. The van der Waals surface area contributed by atoms with Crippen LogP contribution in [0.3, 0.4) is 0 Å². The molecule has 2 heterocycles. The molecule has 0 saturated carbocycles. The number of pyridine rings is 1. The Kier molecular flexibility index (Phi) is 4.49. The molecule has 3 N–H and O–H groups in total. The second-order valence-corrected chi connectivity index (χ2v) is 3.97. The number of H-pyrrole nitrogens is 1. The molecule has 0 fully saturated rings. The quantitative estimate of drug-likeness (QED) is 0.728. The molecule has 0 aliphatic heterocycles. The third-order valence-corrected chi connectivity index (χ3v) is 2.60. The second-order valence-electron chi connectivity index (χ2n) is 3.97. The lowest BCUT2D eigenvalue weighted by Crippen LogP contribution is -2.27. The topological polar surface area (TPSA) is 82.7 Å². The van der Waals surface area contributed by atoms with E-state index in [0.29, 0.717) is 24.3 Å². The number of nitrogens with zero attached hydrogens (tertiary/aromatic N) is 2. The van der Waals surface area contributed by atoms with Gasteiger partial charge in [-0.1, -0.05) is 0 Å². The first-order valence-electron chi connectivity index (χ1n) is 6.26. The van der Waals surface area contributed by atoms with Gasteiger partial charge in [0.05, 0.1) is 5.56 Å². The number of carbonyl (C=O) groups is 1. The smallest absolute Gasteiger partial charge is 0.255 e. The Bertz CT molecular complexity index is 524. The van der Waals surface area contributed by atoms with Gasteiger partial charge in [-0.25, -0.2) is 9.97 Å². The number of hydrogen-bond donors (Lipinski definition) is 3. The van der Waals surface area contributed by atoms with Crippen LogP contribution in [0.25, 0.3) is 0 Å². The lowest BCUT2D eigenvalue weighted by Gasteiger charge is -2.09. The molecule has 19 heavy (non-hydrogen) atoms. The molecule has 2 aromatic heterocycles. The Balaban J connectivity index is 1.92. The summed E-state index contributed by atoms with van der Waals surface area (Å²) in [4.78, 5) is 23.3. The average Bonchev–Trinajstić information content (AvgIpc) is 2.93. The fourth-order valence-electron chi connectivity index (χ4n) is 1.72. The van der Waals surface area contributed by atoms with Gasteiger partial charge in [0, 0.05) is 38.1 Å². The third kappa shape index (κ3) is 3.54. The SMILES string of the molecule is CCNc1ncccc1C(=O)NCCc1ncc[nH]1. The van der Waals surface area contributed by atoms with Gasteiger partial charge in [-0.15, -0.1) is 0 Å². The molecular formula is C13H17N5O. The van der Waals surface area contributed by atoms with Crippen molar-refractivity contribution in [3.63, 3.8) is 0 Å². The van der Waals surface area contributed by atoms with Gasteiger partial charge in [-0.3, -0.25) is 4.79 Å². The largest absolute Gasteiger partial charge is 0.370 e. The number of imidazole rings is 1. The van der Waals surface area contributed by atoms with Crippen molar-refractivity contribution in [3.8, 4) is 0 Å². The molecule has 0 spiro atoms. The van der Waals surface area contributed by atoms with Crippen LogP contribution < -0.4 is 10.6 Å². The van der Waals surface area contributed by atoms with Gasteiger partial charge in [0.2, 0.25) is 0 Å². The molecule has 6 heteroatoms. The summed E-state index contributed by atoms with van der Waals surface area (Å²) in [6, 6.07) is 3.51. The van der Waals surface area contributed by atoms with Crippen LogP contribution in [0.2, 0.25) is 0 Å². The fraction of sp³-hybridized carbons (Fsp3) is 0.308. The number of amides is 1. The van der Waals surface area contributed by atoms with Crippen LogP contribution in [0.1, 0.15) is 23.1 Å². The van der Waals surface area contributed by atoms with E-state index in [4.69, 9.17) is 0 Å². The Morgan fingerprint density at radius 1 is 1.37 bits per heavy atom. The van der Waals surface area contributed by atoms with E-state index in [-0.39, 0.29) is 5.91 Å². The van der Waals surface area contributed by atoms with Gasteiger partial charge in [0.15, 0.2) is 0 Å². The standard InChI is InChI=1S/C13H17N5O/c1-2-14-12-10(4-3-6-17-12)13(19)18-7-5-11-15-8-9-16-11/h3-4,6,8-9H,2,5,7H2,1H3,(H,14,17)(H,15,16)(H,18,19). The zero-order valence-corrected chi connectivity index (χ0v) is 10.8. The molecule has 2 rings (SSSR count). The molecule has 1 amide bonds. The zero-order valence-electron chi connectivity index (χ0n) is 10.8. The molecule has 0 aliphatic rings. The highest BCUT2D eigenvalue weighted by molar-refractivity contribution is 5.98. The predicted octanol–water partition coefficient (Wildman–Crippen LogP) is 1.21. The molecule has 2 aromatic rings. The first-order chi connectivity index (χ1) is 9.31. The van der Waals surface area contributed by atoms with Gasteiger partial charge in [-0.05, 0) is 19.1 Å². The van der Waals surface area contributed by atoms with Crippen LogP contribution in [0, 0.1) is 0 Å². The summed E-state index contributed by atoms with van der Waals surface area (Å²) in [5.41, 5.74) is 0.559. The van der Waals surface area contributed by atoms with Gasteiger partial charge < -0.3 is 15.6 Å². The molecule has 0 aliphatic carbocycles. The molecule has 6 nitrogen and oxygen atoms in total. The van der Waals surface area contributed by atoms with E-state index in [1.54, 1.807) is 30.7 Å². The molecule has 0 bridgehead atoms. The maximum absolute atomic E-state index is 12.0. The molecule has 0 radical (unpaired) electrons. The highest BCUT2D eigenvalue weighted by Crippen LogP contribution is 2.10. The van der Waals surface area contributed by atoms with Gasteiger partial charge in [0.25, 0.3) is 5.91 Å². The van der Waals surface area contributed by atoms with Crippen molar-refractivity contribution in [2.75, 3.05) is 18.4 Å². The van der Waals surface area contributed by atoms with Gasteiger partial charge >= 0.3 is 0 Å².